The van der Waals surface area contributed by atoms with E-state index in [2.05, 4.69) is 6.92 Å². The molecule has 0 saturated carbocycles. The lowest BCUT2D eigenvalue weighted by molar-refractivity contribution is -0.146. The summed E-state index contributed by atoms with van der Waals surface area (Å²) in [5, 5.41) is 0. The van der Waals surface area contributed by atoms with Crippen LogP contribution in [0.25, 0.3) is 0 Å². The van der Waals surface area contributed by atoms with Crippen LogP contribution in [0.2, 0.25) is 6.32 Å². The monoisotopic (exact) mass is 270 g/mol. The molecule has 2 amide bonds. The molecule has 0 aromatic heterocycles. The van der Waals surface area contributed by atoms with Gasteiger partial charge in [0.05, 0.1) is 0 Å². The Morgan fingerprint density at radius 3 is 1.74 bits per heavy atom. The second-order valence-electron chi connectivity index (χ2n) is 5.15. The van der Waals surface area contributed by atoms with Crippen LogP contribution in [0, 0.1) is 0 Å². The van der Waals surface area contributed by atoms with Crippen molar-refractivity contribution in [3.8, 4) is 0 Å². The predicted octanol–water partition coefficient (Wildman–Crippen LogP) is 0.235. The topological polar surface area (TPSA) is 59.1 Å². The zero-order valence-electron chi connectivity index (χ0n) is 12.4. The molecule has 1 fully saturated rings. The van der Waals surface area contributed by atoms with Crippen LogP contribution in [0.4, 0.5) is 0 Å². The lowest BCUT2D eigenvalue weighted by atomic mass is 9.83. The highest BCUT2D eigenvalue weighted by Crippen LogP contribution is 2.23. The summed E-state index contributed by atoms with van der Waals surface area (Å²) in [6, 6.07) is 0. The highest BCUT2D eigenvalue weighted by Gasteiger charge is 2.47. The highest BCUT2D eigenvalue weighted by atomic mass is 16.7. The van der Waals surface area contributed by atoms with Crippen LogP contribution in [0.3, 0.4) is 0 Å². The van der Waals surface area contributed by atoms with Gasteiger partial charge in [0.15, 0.2) is 12.2 Å². The standard InChI is InChI=1S/C12H23BN2O4/c1-6-7-8-13-18-9(11(16)14(2)3)10(19-13)12(17)15(4)5/h9-10H,6-8H2,1-5H3/t9-,10?/m0/s1. The van der Waals surface area contributed by atoms with Gasteiger partial charge in [0.1, 0.15) is 0 Å². The zero-order valence-corrected chi connectivity index (χ0v) is 12.4. The Bertz CT molecular complexity index is 308. The highest BCUT2D eigenvalue weighted by molar-refractivity contribution is 6.46. The minimum absolute atomic E-state index is 0.237. The smallest absolute Gasteiger partial charge is 0.397 e. The van der Waals surface area contributed by atoms with Gasteiger partial charge in [-0.05, 0) is 6.32 Å². The number of hydrogen-bond donors (Lipinski definition) is 0. The molecular formula is C12H23BN2O4. The molecule has 0 bridgehead atoms. The first-order chi connectivity index (χ1) is 8.88. The van der Waals surface area contributed by atoms with Crippen molar-refractivity contribution in [1.82, 2.24) is 9.80 Å². The molecule has 0 spiro atoms. The molecule has 6 nitrogen and oxygen atoms in total. The van der Waals surface area contributed by atoms with E-state index in [1.165, 1.54) is 9.80 Å². The normalized spacial score (nSPS) is 22.5. The Morgan fingerprint density at radius 1 is 1.00 bits per heavy atom. The van der Waals surface area contributed by atoms with E-state index in [4.69, 9.17) is 9.31 Å². The van der Waals surface area contributed by atoms with Gasteiger partial charge >= 0.3 is 7.12 Å². The minimum atomic E-state index is -0.841. The predicted molar refractivity (Wildman–Crippen MR) is 72.6 cm³/mol. The first kappa shape index (κ1) is 16.0. The summed E-state index contributed by atoms with van der Waals surface area (Å²) in [4.78, 5) is 26.9. The van der Waals surface area contributed by atoms with Crippen LogP contribution in [0.1, 0.15) is 19.8 Å². The van der Waals surface area contributed by atoms with Crippen LogP contribution >= 0.6 is 0 Å². The summed E-state index contributed by atoms with van der Waals surface area (Å²) < 4.78 is 11.2. The second-order valence-corrected chi connectivity index (χ2v) is 5.15. The van der Waals surface area contributed by atoms with Gasteiger partial charge in [-0.1, -0.05) is 19.8 Å². The maximum atomic E-state index is 12.1. The maximum Gasteiger partial charge on any atom is 0.458 e. The molecule has 7 heteroatoms. The maximum absolute atomic E-state index is 12.1. The van der Waals surface area contributed by atoms with E-state index in [-0.39, 0.29) is 11.8 Å². The average molecular weight is 270 g/mol. The summed E-state index contributed by atoms with van der Waals surface area (Å²) in [7, 11) is 6.09. The number of hydrogen-bond acceptors (Lipinski definition) is 4. The van der Waals surface area contributed by atoms with Gasteiger partial charge in [-0.15, -0.1) is 0 Å². The van der Waals surface area contributed by atoms with E-state index >= 15 is 0 Å². The molecule has 1 saturated heterocycles. The number of carbonyl (C=O) groups excluding carboxylic acids is 2. The lowest BCUT2D eigenvalue weighted by Gasteiger charge is -2.22. The fraction of sp³-hybridized carbons (Fsp3) is 0.833. The third kappa shape index (κ3) is 3.94. The number of likely N-dealkylation sites (N-methyl/N-ethyl adjacent to an activating group) is 2. The Hall–Kier alpha value is -1.08. The molecule has 0 aromatic carbocycles. The van der Waals surface area contributed by atoms with Gasteiger partial charge in [0, 0.05) is 28.2 Å². The van der Waals surface area contributed by atoms with Crippen molar-refractivity contribution in [3.05, 3.63) is 0 Å². The second kappa shape index (κ2) is 6.91. The van der Waals surface area contributed by atoms with Crippen LogP contribution < -0.4 is 0 Å². The van der Waals surface area contributed by atoms with Crippen molar-refractivity contribution >= 4 is 18.9 Å². The van der Waals surface area contributed by atoms with E-state index in [0.29, 0.717) is 6.32 Å². The van der Waals surface area contributed by atoms with E-state index in [9.17, 15) is 9.59 Å². The van der Waals surface area contributed by atoms with E-state index in [1.807, 2.05) is 0 Å². The number of nitrogens with zero attached hydrogens (tertiary/aromatic N) is 2. The van der Waals surface area contributed by atoms with Crippen molar-refractivity contribution < 1.29 is 18.9 Å². The van der Waals surface area contributed by atoms with Crippen LogP contribution in [0.15, 0.2) is 0 Å². The van der Waals surface area contributed by atoms with Crippen LogP contribution in [-0.4, -0.2) is 69.1 Å². The van der Waals surface area contributed by atoms with Crippen LogP contribution in [-0.2, 0) is 18.9 Å². The SMILES string of the molecule is CCCCB1OC(C(=O)N(C)C)[C@@H](C(=O)N(C)C)O1. The molecule has 1 heterocycles. The summed E-state index contributed by atoms with van der Waals surface area (Å²) >= 11 is 0. The summed E-state index contributed by atoms with van der Waals surface area (Å²) in [5.41, 5.74) is 0. The Labute approximate surface area is 115 Å². The third-order valence-corrected chi connectivity index (χ3v) is 3.03. The van der Waals surface area contributed by atoms with Crippen molar-refractivity contribution in [3.63, 3.8) is 0 Å². The lowest BCUT2D eigenvalue weighted by Crippen LogP contribution is -2.47. The van der Waals surface area contributed by atoms with Gasteiger partial charge in [-0.25, -0.2) is 0 Å². The molecule has 0 aromatic rings. The van der Waals surface area contributed by atoms with E-state index < -0.39 is 19.3 Å². The molecule has 2 atom stereocenters. The largest absolute Gasteiger partial charge is 0.458 e. The summed E-state index contributed by atoms with van der Waals surface area (Å²) in [6.45, 7) is 2.07. The molecule has 0 N–H and O–H groups in total. The number of unbranched alkanes of at least 4 members (excludes halogenated alkanes) is 1. The summed E-state index contributed by atoms with van der Waals surface area (Å²) in [6.07, 6.45) is 0.974. The Kier molecular flexibility index (Phi) is 5.81. The van der Waals surface area contributed by atoms with Crippen molar-refractivity contribution in [2.24, 2.45) is 0 Å². The number of carbonyl (C=O) groups is 2. The molecule has 19 heavy (non-hydrogen) atoms. The molecule has 1 unspecified atom stereocenters. The van der Waals surface area contributed by atoms with Gasteiger partial charge in [0.2, 0.25) is 0 Å². The van der Waals surface area contributed by atoms with E-state index in [1.54, 1.807) is 28.2 Å². The van der Waals surface area contributed by atoms with Crippen LogP contribution in [0.5, 0.6) is 0 Å². The quantitative estimate of drug-likeness (QED) is 0.671. The molecule has 1 aliphatic heterocycles. The molecule has 1 rings (SSSR count). The first-order valence-corrected chi connectivity index (χ1v) is 6.61. The summed E-state index contributed by atoms with van der Waals surface area (Å²) in [5.74, 6) is -0.474. The van der Waals surface area contributed by atoms with Gasteiger partial charge in [0.25, 0.3) is 11.8 Å². The molecule has 108 valence electrons. The fourth-order valence-corrected chi connectivity index (χ4v) is 1.89. The van der Waals surface area contributed by atoms with Gasteiger partial charge < -0.3 is 19.1 Å². The van der Waals surface area contributed by atoms with Crippen molar-refractivity contribution in [1.29, 1.82) is 0 Å². The Balaban J connectivity index is 2.78. The average Bonchev–Trinajstić information content (AvgIpc) is 2.77. The van der Waals surface area contributed by atoms with Crippen molar-refractivity contribution in [2.45, 2.75) is 38.3 Å². The molecule has 0 aliphatic carbocycles. The van der Waals surface area contributed by atoms with Crippen molar-refractivity contribution in [2.75, 3.05) is 28.2 Å². The Morgan fingerprint density at radius 2 is 1.42 bits per heavy atom. The van der Waals surface area contributed by atoms with E-state index in [0.717, 1.165) is 12.8 Å². The molecule has 0 radical (unpaired) electrons. The zero-order chi connectivity index (χ0) is 14.6. The number of rotatable bonds is 5. The van der Waals surface area contributed by atoms with Gasteiger partial charge in [-0.3, -0.25) is 9.59 Å². The minimum Gasteiger partial charge on any atom is -0.397 e. The molecular weight excluding hydrogens is 247 g/mol. The number of amides is 2. The first-order valence-electron chi connectivity index (χ1n) is 6.61. The third-order valence-electron chi connectivity index (χ3n) is 3.03. The fourth-order valence-electron chi connectivity index (χ4n) is 1.89. The molecule has 1 aliphatic rings. The van der Waals surface area contributed by atoms with Gasteiger partial charge in [-0.2, -0.15) is 0 Å².